The number of nitrogens with one attached hydrogen (secondary N) is 1. The number of aromatic nitrogens is 2. The van der Waals surface area contributed by atoms with E-state index in [0.717, 1.165) is 16.2 Å². The van der Waals surface area contributed by atoms with Gasteiger partial charge in [0.05, 0.1) is 6.61 Å². The Bertz CT molecular complexity index is 1370. The Kier molecular flexibility index (Phi) is 4.40. The summed E-state index contributed by atoms with van der Waals surface area (Å²) in [4.78, 5) is 12.6. The predicted molar refractivity (Wildman–Crippen MR) is 113 cm³/mol. The van der Waals surface area contributed by atoms with Crippen molar-refractivity contribution in [2.75, 3.05) is 11.9 Å². The number of para-hydroxylation sites is 1. The van der Waals surface area contributed by atoms with Crippen molar-refractivity contribution in [3.8, 4) is 17.4 Å². The molecule has 0 aliphatic rings. The van der Waals surface area contributed by atoms with Crippen molar-refractivity contribution in [1.29, 1.82) is 0 Å². The average Bonchev–Trinajstić information content (AvgIpc) is 3.41. The van der Waals surface area contributed by atoms with Crippen molar-refractivity contribution in [3.63, 3.8) is 0 Å². The Morgan fingerprint density at radius 1 is 0.933 bits per heavy atom. The lowest BCUT2D eigenvalue weighted by molar-refractivity contribution is 0.102. The second-order valence-corrected chi connectivity index (χ2v) is 6.65. The lowest BCUT2D eigenvalue weighted by Gasteiger charge is -2.03. The quantitative estimate of drug-likeness (QED) is 0.432. The lowest BCUT2D eigenvalue weighted by atomic mass is 10.1. The van der Waals surface area contributed by atoms with E-state index in [9.17, 15) is 4.79 Å². The number of hydrogen-bond acceptors (Lipinski definition) is 6. The molecule has 0 fully saturated rings. The zero-order chi connectivity index (χ0) is 20.5. The van der Waals surface area contributed by atoms with Gasteiger partial charge in [0.1, 0.15) is 0 Å². The molecule has 7 heteroatoms. The van der Waals surface area contributed by atoms with E-state index in [0.29, 0.717) is 29.3 Å². The van der Waals surface area contributed by atoms with Gasteiger partial charge in [0.25, 0.3) is 11.8 Å². The molecule has 0 unspecified atom stereocenters. The Labute approximate surface area is 171 Å². The fourth-order valence-electron chi connectivity index (χ4n) is 3.28. The van der Waals surface area contributed by atoms with Crippen LogP contribution in [-0.2, 0) is 0 Å². The van der Waals surface area contributed by atoms with Crippen LogP contribution in [0.3, 0.4) is 0 Å². The lowest BCUT2D eigenvalue weighted by Crippen LogP contribution is -2.12. The maximum Gasteiger partial charge on any atom is 0.322 e. The van der Waals surface area contributed by atoms with Gasteiger partial charge in [-0.2, -0.15) is 0 Å². The highest BCUT2D eigenvalue weighted by Crippen LogP contribution is 2.33. The van der Waals surface area contributed by atoms with Gasteiger partial charge in [-0.25, -0.2) is 0 Å². The van der Waals surface area contributed by atoms with Crippen LogP contribution in [0.15, 0.2) is 75.6 Å². The molecular weight excluding hydrogens is 382 g/mol. The summed E-state index contributed by atoms with van der Waals surface area (Å²) in [6.07, 6.45) is 0. The largest absolute Gasteiger partial charge is 0.490 e. The molecule has 0 radical (unpaired) electrons. The molecule has 0 spiro atoms. The van der Waals surface area contributed by atoms with Gasteiger partial charge >= 0.3 is 6.01 Å². The topological polar surface area (TPSA) is 90.4 Å². The normalized spacial score (nSPS) is 11.1. The summed E-state index contributed by atoms with van der Waals surface area (Å²) in [6, 6.07) is 20.7. The molecule has 3 aromatic carbocycles. The number of ether oxygens (including phenoxy) is 1. The van der Waals surface area contributed by atoms with Crippen molar-refractivity contribution < 1.29 is 18.4 Å². The van der Waals surface area contributed by atoms with Gasteiger partial charge < -0.3 is 13.6 Å². The van der Waals surface area contributed by atoms with Crippen molar-refractivity contribution in [2.24, 2.45) is 0 Å². The molecule has 1 amide bonds. The van der Waals surface area contributed by atoms with Gasteiger partial charge in [-0.15, -0.1) is 5.10 Å². The van der Waals surface area contributed by atoms with Crippen LogP contribution in [-0.4, -0.2) is 22.7 Å². The number of fused-ring (bicyclic) bond motifs is 2. The Morgan fingerprint density at radius 2 is 1.77 bits per heavy atom. The minimum Gasteiger partial charge on any atom is -0.490 e. The van der Waals surface area contributed by atoms with Crippen LogP contribution >= 0.6 is 0 Å². The third kappa shape index (κ3) is 3.26. The second-order valence-electron chi connectivity index (χ2n) is 6.65. The summed E-state index contributed by atoms with van der Waals surface area (Å²) in [6.45, 7) is 2.44. The zero-order valence-corrected chi connectivity index (χ0v) is 16.1. The summed E-state index contributed by atoms with van der Waals surface area (Å²) in [5.41, 5.74) is 1.10. The number of carbonyl (C=O) groups excluding carboxylic acids is 1. The highest BCUT2D eigenvalue weighted by atomic mass is 16.5. The highest BCUT2D eigenvalue weighted by Gasteiger charge is 2.17. The fourth-order valence-corrected chi connectivity index (χ4v) is 3.28. The number of amides is 1. The standard InChI is InChI=1S/C23H17N3O4/c1-2-28-18-9-5-8-16-13-19(29-20(16)18)22-25-26-23(30-22)24-21(27)17-11-10-14-6-3-4-7-15(14)12-17/h3-13H,2H2,1H3,(H,24,26,27). The van der Waals surface area contributed by atoms with E-state index in [2.05, 4.69) is 15.5 Å². The van der Waals surface area contributed by atoms with Crippen LogP contribution in [0.5, 0.6) is 5.75 Å². The molecule has 0 atom stereocenters. The van der Waals surface area contributed by atoms with Crippen molar-refractivity contribution in [2.45, 2.75) is 6.92 Å². The van der Waals surface area contributed by atoms with Crippen LogP contribution in [0.2, 0.25) is 0 Å². The van der Waals surface area contributed by atoms with Gasteiger partial charge in [-0.05, 0) is 42.0 Å². The molecule has 5 aromatic rings. The smallest absolute Gasteiger partial charge is 0.322 e. The molecule has 2 aromatic heterocycles. The molecule has 0 bridgehead atoms. The maximum atomic E-state index is 12.6. The van der Waals surface area contributed by atoms with E-state index in [-0.39, 0.29) is 17.8 Å². The fraction of sp³-hybridized carbons (Fsp3) is 0.0870. The first-order chi connectivity index (χ1) is 14.7. The Hall–Kier alpha value is -4.13. The number of benzene rings is 3. The Balaban J connectivity index is 1.39. The first kappa shape index (κ1) is 17.9. The summed E-state index contributed by atoms with van der Waals surface area (Å²) in [5, 5.41) is 13.4. The predicted octanol–water partition coefficient (Wildman–Crippen LogP) is 5.29. The number of furan rings is 1. The molecule has 30 heavy (non-hydrogen) atoms. The van der Waals surface area contributed by atoms with Gasteiger partial charge in [0.2, 0.25) is 0 Å². The van der Waals surface area contributed by atoms with Crippen LogP contribution < -0.4 is 10.1 Å². The number of anilines is 1. The maximum absolute atomic E-state index is 12.6. The van der Waals surface area contributed by atoms with Crippen molar-refractivity contribution >= 4 is 33.7 Å². The summed E-state index contributed by atoms with van der Waals surface area (Å²) < 4.78 is 17.0. The molecule has 0 saturated carbocycles. The van der Waals surface area contributed by atoms with Gasteiger partial charge in [-0.3, -0.25) is 10.1 Å². The van der Waals surface area contributed by atoms with E-state index in [1.54, 1.807) is 12.1 Å². The van der Waals surface area contributed by atoms with Gasteiger partial charge in [-0.1, -0.05) is 47.6 Å². The summed E-state index contributed by atoms with van der Waals surface area (Å²) in [7, 11) is 0. The monoisotopic (exact) mass is 399 g/mol. The molecule has 0 aliphatic heterocycles. The molecule has 0 aliphatic carbocycles. The van der Waals surface area contributed by atoms with E-state index >= 15 is 0 Å². The zero-order valence-electron chi connectivity index (χ0n) is 16.1. The van der Waals surface area contributed by atoms with Gasteiger partial charge in [0.15, 0.2) is 17.1 Å². The number of carbonyl (C=O) groups is 1. The van der Waals surface area contributed by atoms with E-state index in [1.807, 2.05) is 61.5 Å². The van der Waals surface area contributed by atoms with E-state index in [1.165, 1.54) is 0 Å². The molecule has 148 valence electrons. The number of nitrogens with zero attached hydrogens (tertiary/aromatic N) is 2. The van der Waals surface area contributed by atoms with Crippen molar-refractivity contribution in [1.82, 2.24) is 10.2 Å². The molecule has 7 nitrogen and oxygen atoms in total. The van der Waals surface area contributed by atoms with Crippen LogP contribution in [0.4, 0.5) is 6.01 Å². The van der Waals surface area contributed by atoms with Gasteiger partial charge in [0, 0.05) is 10.9 Å². The molecule has 5 rings (SSSR count). The molecule has 0 saturated heterocycles. The Morgan fingerprint density at radius 3 is 2.63 bits per heavy atom. The number of rotatable bonds is 5. The third-order valence-electron chi connectivity index (χ3n) is 4.68. The van der Waals surface area contributed by atoms with E-state index in [4.69, 9.17) is 13.6 Å². The second kappa shape index (κ2) is 7.36. The van der Waals surface area contributed by atoms with Crippen LogP contribution in [0, 0.1) is 0 Å². The minimum atomic E-state index is -0.334. The molecular formula is C23H17N3O4. The molecule has 1 N–H and O–H groups in total. The van der Waals surface area contributed by atoms with Crippen molar-refractivity contribution in [3.05, 3.63) is 72.3 Å². The molecule has 2 heterocycles. The third-order valence-corrected chi connectivity index (χ3v) is 4.68. The van der Waals surface area contributed by atoms with Crippen LogP contribution in [0.25, 0.3) is 33.4 Å². The first-order valence-corrected chi connectivity index (χ1v) is 9.50. The first-order valence-electron chi connectivity index (χ1n) is 9.50. The SMILES string of the molecule is CCOc1cccc2cc(-c3nnc(NC(=O)c4ccc5ccccc5c4)o3)oc12. The van der Waals surface area contributed by atoms with Crippen LogP contribution in [0.1, 0.15) is 17.3 Å². The average molecular weight is 399 g/mol. The van der Waals surface area contributed by atoms with E-state index < -0.39 is 0 Å². The highest BCUT2D eigenvalue weighted by molar-refractivity contribution is 6.05. The number of hydrogen-bond donors (Lipinski definition) is 1. The summed E-state index contributed by atoms with van der Waals surface area (Å²) >= 11 is 0. The minimum absolute atomic E-state index is 0.00588. The summed E-state index contributed by atoms with van der Waals surface area (Å²) in [5.74, 6) is 0.878.